The number of aliphatic hydroxyl groups is 1. The molecule has 1 aromatic carbocycles. The highest BCUT2D eigenvalue weighted by Gasteiger charge is 2.30. The summed E-state index contributed by atoms with van der Waals surface area (Å²) in [4.78, 5) is 4.71. The maximum absolute atomic E-state index is 10.8. The molecule has 0 aliphatic heterocycles. The lowest BCUT2D eigenvalue weighted by Crippen LogP contribution is -2.25. The standard InChI is InChI=1S/C19H25NO/c1-12-8-9-15(10-13(12)2)19(21)18-11-14(3)16-6-4-5-7-17(16)20-18/h4-7,11-13,15,19,21H,8-10H2,1-3H3. The Morgan fingerprint density at radius 2 is 1.90 bits per heavy atom. The van der Waals surface area contributed by atoms with Crippen molar-refractivity contribution >= 4 is 10.9 Å². The molecule has 1 aliphatic rings. The van der Waals surface area contributed by atoms with Crippen molar-refractivity contribution in [3.8, 4) is 0 Å². The first kappa shape index (κ1) is 14.5. The molecular weight excluding hydrogens is 258 g/mol. The molecule has 0 amide bonds. The number of fused-ring (bicyclic) bond motifs is 1. The second-order valence-electron chi connectivity index (χ2n) is 6.85. The molecule has 2 heteroatoms. The minimum Gasteiger partial charge on any atom is -0.387 e. The van der Waals surface area contributed by atoms with Crippen LogP contribution >= 0.6 is 0 Å². The van der Waals surface area contributed by atoms with Gasteiger partial charge in [0.1, 0.15) is 0 Å². The number of hydrogen-bond acceptors (Lipinski definition) is 2. The molecule has 3 rings (SSSR count). The van der Waals surface area contributed by atoms with Gasteiger partial charge in [-0.3, -0.25) is 4.98 Å². The van der Waals surface area contributed by atoms with E-state index in [2.05, 4.69) is 32.9 Å². The molecule has 4 atom stereocenters. The molecule has 0 bridgehead atoms. The van der Waals surface area contributed by atoms with Crippen LogP contribution in [0.25, 0.3) is 10.9 Å². The second-order valence-corrected chi connectivity index (χ2v) is 6.85. The van der Waals surface area contributed by atoms with Crippen LogP contribution in [0, 0.1) is 24.7 Å². The van der Waals surface area contributed by atoms with E-state index in [0.717, 1.165) is 30.0 Å². The monoisotopic (exact) mass is 283 g/mol. The van der Waals surface area contributed by atoms with Crippen LogP contribution < -0.4 is 0 Å². The van der Waals surface area contributed by atoms with E-state index in [4.69, 9.17) is 4.98 Å². The Morgan fingerprint density at radius 3 is 2.67 bits per heavy atom. The van der Waals surface area contributed by atoms with Gasteiger partial charge in [-0.2, -0.15) is 0 Å². The molecule has 0 spiro atoms. The fourth-order valence-electron chi connectivity index (χ4n) is 3.64. The van der Waals surface area contributed by atoms with E-state index in [1.807, 2.05) is 18.2 Å². The molecule has 1 aliphatic carbocycles. The summed E-state index contributed by atoms with van der Waals surface area (Å²) in [6.07, 6.45) is 3.01. The lowest BCUT2D eigenvalue weighted by Gasteiger charge is -2.34. The smallest absolute Gasteiger partial charge is 0.0988 e. The van der Waals surface area contributed by atoms with Gasteiger partial charge in [-0.25, -0.2) is 0 Å². The van der Waals surface area contributed by atoms with Crippen LogP contribution in [-0.4, -0.2) is 10.1 Å². The molecular formula is C19H25NO. The number of hydrogen-bond donors (Lipinski definition) is 1. The van der Waals surface area contributed by atoms with Crippen LogP contribution in [0.15, 0.2) is 30.3 Å². The van der Waals surface area contributed by atoms with E-state index in [-0.39, 0.29) is 0 Å². The molecule has 1 N–H and O–H groups in total. The number of nitrogens with zero attached hydrogens (tertiary/aromatic N) is 1. The average Bonchev–Trinajstić information content (AvgIpc) is 2.49. The first-order chi connectivity index (χ1) is 10.1. The SMILES string of the molecule is Cc1cc(C(O)C2CCC(C)C(C)C2)nc2ccccc12. The number of aromatic nitrogens is 1. The predicted molar refractivity (Wildman–Crippen MR) is 87.1 cm³/mol. The molecule has 2 nitrogen and oxygen atoms in total. The Hall–Kier alpha value is -1.41. The van der Waals surface area contributed by atoms with Gasteiger partial charge in [-0.15, -0.1) is 0 Å². The van der Waals surface area contributed by atoms with Gasteiger partial charge in [0.15, 0.2) is 0 Å². The summed E-state index contributed by atoms with van der Waals surface area (Å²) in [6, 6.07) is 10.2. The van der Waals surface area contributed by atoms with Crippen molar-refractivity contribution < 1.29 is 5.11 Å². The van der Waals surface area contributed by atoms with Crippen LogP contribution in [0.2, 0.25) is 0 Å². The van der Waals surface area contributed by atoms with Gasteiger partial charge >= 0.3 is 0 Å². The van der Waals surface area contributed by atoms with Gasteiger partial charge in [0, 0.05) is 5.39 Å². The largest absolute Gasteiger partial charge is 0.387 e. The number of aryl methyl sites for hydroxylation is 1. The highest BCUT2D eigenvalue weighted by molar-refractivity contribution is 5.82. The summed E-state index contributed by atoms with van der Waals surface area (Å²) < 4.78 is 0. The van der Waals surface area contributed by atoms with Gasteiger partial charge in [0.25, 0.3) is 0 Å². The number of aliphatic hydroxyl groups excluding tert-OH is 1. The van der Waals surface area contributed by atoms with Crippen molar-refractivity contribution in [2.24, 2.45) is 17.8 Å². The third-order valence-electron chi connectivity index (χ3n) is 5.33. The Labute approximate surface area is 127 Å². The molecule has 1 heterocycles. The third kappa shape index (κ3) is 2.82. The summed E-state index contributed by atoms with van der Waals surface area (Å²) in [7, 11) is 0. The highest BCUT2D eigenvalue weighted by atomic mass is 16.3. The van der Waals surface area contributed by atoms with Crippen LogP contribution in [0.5, 0.6) is 0 Å². The van der Waals surface area contributed by atoms with Crippen molar-refractivity contribution in [1.29, 1.82) is 0 Å². The van der Waals surface area contributed by atoms with E-state index in [1.54, 1.807) is 0 Å². The van der Waals surface area contributed by atoms with E-state index >= 15 is 0 Å². The molecule has 0 radical (unpaired) electrons. The molecule has 2 aromatic rings. The topological polar surface area (TPSA) is 33.1 Å². The van der Waals surface area contributed by atoms with Gasteiger partial charge in [-0.05, 0) is 55.2 Å². The number of pyridine rings is 1. The highest BCUT2D eigenvalue weighted by Crippen LogP contribution is 2.39. The molecule has 112 valence electrons. The predicted octanol–water partition coefficient (Wildman–Crippen LogP) is 4.65. The molecule has 1 saturated carbocycles. The normalized spacial score (nSPS) is 27.7. The van der Waals surface area contributed by atoms with Crippen LogP contribution in [-0.2, 0) is 0 Å². The first-order valence-corrected chi connectivity index (χ1v) is 8.10. The number of rotatable bonds is 2. The maximum atomic E-state index is 10.8. The Bertz CT molecular complexity index is 636. The van der Waals surface area contributed by atoms with Gasteiger partial charge in [0.05, 0.1) is 17.3 Å². The van der Waals surface area contributed by atoms with Crippen molar-refractivity contribution in [2.75, 3.05) is 0 Å². The minimum absolute atomic E-state index is 0.351. The first-order valence-electron chi connectivity index (χ1n) is 8.10. The van der Waals surface area contributed by atoms with Crippen molar-refractivity contribution in [1.82, 2.24) is 4.98 Å². The fraction of sp³-hybridized carbons (Fsp3) is 0.526. The molecule has 21 heavy (non-hydrogen) atoms. The van der Waals surface area contributed by atoms with Gasteiger partial charge < -0.3 is 5.11 Å². The lowest BCUT2D eigenvalue weighted by molar-refractivity contribution is 0.0533. The van der Waals surface area contributed by atoms with Crippen LogP contribution in [0.4, 0.5) is 0 Å². The van der Waals surface area contributed by atoms with Crippen LogP contribution in [0.1, 0.15) is 50.5 Å². The Morgan fingerprint density at radius 1 is 1.14 bits per heavy atom. The van der Waals surface area contributed by atoms with Gasteiger partial charge in [0.2, 0.25) is 0 Å². The summed E-state index contributed by atoms with van der Waals surface area (Å²) in [5.74, 6) is 1.82. The summed E-state index contributed by atoms with van der Waals surface area (Å²) in [5.41, 5.74) is 3.04. The second kappa shape index (κ2) is 5.76. The van der Waals surface area contributed by atoms with E-state index in [0.29, 0.717) is 11.8 Å². The lowest BCUT2D eigenvalue weighted by atomic mass is 9.73. The fourth-order valence-corrected chi connectivity index (χ4v) is 3.64. The van der Waals surface area contributed by atoms with Crippen molar-refractivity contribution in [3.63, 3.8) is 0 Å². The molecule has 1 fully saturated rings. The van der Waals surface area contributed by atoms with Crippen molar-refractivity contribution in [3.05, 3.63) is 41.6 Å². The number of para-hydroxylation sites is 1. The maximum Gasteiger partial charge on any atom is 0.0988 e. The molecule has 4 unspecified atom stereocenters. The third-order valence-corrected chi connectivity index (χ3v) is 5.33. The van der Waals surface area contributed by atoms with E-state index < -0.39 is 6.10 Å². The Balaban J connectivity index is 1.89. The molecule has 0 saturated heterocycles. The zero-order valence-corrected chi connectivity index (χ0v) is 13.2. The van der Waals surface area contributed by atoms with E-state index in [1.165, 1.54) is 17.4 Å². The quantitative estimate of drug-likeness (QED) is 0.870. The van der Waals surface area contributed by atoms with E-state index in [9.17, 15) is 5.11 Å². The summed E-state index contributed by atoms with van der Waals surface area (Å²) >= 11 is 0. The van der Waals surface area contributed by atoms with Gasteiger partial charge in [-0.1, -0.05) is 38.5 Å². The van der Waals surface area contributed by atoms with Crippen molar-refractivity contribution in [2.45, 2.75) is 46.1 Å². The number of benzene rings is 1. The summed E-state index contributed by atoms with van der Waals surface area (Å²) in [6.45, 7) is 6.74. The zero-order valence-electron chi connectivity index (χ0n) is 13.2. The average molecular weight is 283 g/mol. The van der Waals surface area contributed by atoms with Crippen LogP contribution in [0.3, 0.4) is 0 Å². The summed E-state index contributed by atoms with van der Waals surface area (Å²) in [5, 5.41) is 12.0. The Kier molecular flexibility index (Phi) is 3.99. The molecule has 1 aromatic heterocycles. The zero-order chi connectivity index (χ0) is 15.0. The minimum atomic E-state index is -0.428.